The van der Waals surface area contributed by atoms with Crippen LogP contribution in [0.2, 0.25) is 5.15 Å². The fraction of sp³-hybridized carbons (Fsp3) is 0.0952. The van der Waals surface area contributed by atoms with Crippen LogP contribution >= 0.6 is 11.6 Å². The van der Waals surface area contributed by atoms with E-state index >= 15 is 0 Å². The SMILES string of the molecule is Cc1ccc(C(=O)Nc2cccc(CNC(=O)c3ccnc(Cl)c3)c2)cc1. The zero-order valence-electron chi connectivity index (χ0n) is 14.7. The lowest BCUT2D eigenvalue weighted by atomic mass is 10.1. The Morgan fingerprint density at radius 3 is 2.48 bits per heavy atom. The highest BCUT2D eigenvalue weighted by atomic mass is 35.5. The first-order chi connectivity index (χ1) is 13.0. The third kappa shape index (κ3) is 5.15. The Bertz CT molecular complexity index is 971. The second kappa shape index (κ2) is 8.47. The van der Waals surface area contributed by atoms with Crippen molar-refractivity contribution in [2.75, 3.05) is 5.32 Å². The fourth-order valence-corrected chi connectivity index (χ4v) is 2.67. The summed E-state index contributed by atoms with van der Waals surface area (Å²) in [7, 11) is 0. The number of nitrogens with zero attached hydrogens (tertiary/aromatic N) is 1. The largest absolute Gasteiger partial charge is 0.348 e. The lowest BCUT2D eigenvalue weighted by Gasteiger charge is -2.09. The first kappa shape index (κ1) is 18.6. The van der Waals surface area contributed by atoms with Crippen molar-refractivity contribution in [1.82, 2.24) is 10.3 Å². The van der Waals surface area contributed by atoms with E-state index < -0.39 is 0 Å². The molecule has 2 aromatic carbocycles. The molecule has 0 saturated carbocycles. The van der Waals surface area contributed by atoms with Gasteiger partial charge in [-0.1, -0.05) is 41.4 Å². The first-order valence-electron chi connectivity index (χ1n) is 8.38. The molecule has 0 aliphatic carbocycles. The van der Waals surface area contributed by atoms with Crippen LogP contribution in [0, 0.1) is 6.92 Å². The second-order valence-electron chi connectivity index (χ2n) is 6.07. The highest BCUT2D eigenvalue weighted by molar-refractivity contribution is 6.29. The van der Waals surface area contributed by atoms with Crippen molar-refractivity contribution in [1.29, 1.82) is 0 Å². The molecule has 3 aromatic rings. The fourth-order valence-electron chi connectivity index (χ4n) is 2.50. The number of benzene rings is 2. The first-order valence-corrected chi connectivity index (χ1v) is 8.76. The van der Waals surface area contributed by atoms with Gasteiger partial charge in [-0.25, -0.2) is 4.98 Å². The highest BCUT2D eigenvalue weighted by Gasteiger charge is 2.08. The van der Waals surface area contributed by atoms with Gasteiger partial charge >= 0.3 is 0 Å². The van der Waals surface area contributed by atoms with Crippen LogP contribution in [0.5, 0.6) is 0 Å². The number of anilines is 1. The van der Waals surface area contributed by atoms with Gasteiger partial charge in [0.2, 0.25) is 0 Å². The van der Waals surface area contributed by atoms with Crippen LogP contribution in [0.15, 0.2) is 66.9 Å². The van der Waals surface area contributed by atoms with Crippen molar-refractivity contribution in [2.24, 2.45) is 0 Å². The van der Waals surface area contributed by atoms with Gasteiger partial charge in [-0.2, -0.15) is 0 Å². The van der Waals surface area contributed by atoms with Gasteiger partial charge < -0.3 is 10.6 Å². The Labute approximate surface area is 162 Å². The van der Waals surface area contributed by atoms with E-state index in [1.807, 2.05) is 37.3 Å². The van der Waals surface area contributed by atoms with Crippen LogP contribution in [0.25, 0.3) is 0 Å². The molecule has 0 saturated heterocycles. The molecule has 1 aromatic heterocycles. The quantitative estimate of drug-likeness (QED) is 0.652. The Kier molecular flexibility index (Phi) is 5.84. The Balaban J connectivity index is 1.62. The predicted molar refractivity (Wildman–Crippen MR) is 106 cm³/mol. The molecule has 0 bridgehead atoms. The second-order valence-corrected chi connectivity index (χ2v) is 6.46. The highest BCUT2D eigenvalue weighted by Crippen LogP contribution is 2.13. The van der Waals surface area contributed by atoms with E-state index in [2.05, 4.69) is 15.6 Å². The maximum Gasteiger partial charge on any atom is 0.255 e. The number of halogens is 1. The molecule has 0 aliphatic rings. The number of nitrogens with one attached hydrogen (secondary N) is 2. The summed E-state index contributed by atoms with van der Waals surface area (Å²) in [6.45, 7) is 2.30. The van der Waals surface area contributed by atoms with Crippen molar-refractivity contribution in [2.45, 2.75) is 13.5 Å². The van der Waals surface area contributed by atoms with E-state index in [9.17, 15) is 9.59 Å². The number of hydrogen-bond acceptors (Lipinski definition) is 3. The summed E-state index contributed by atoms with van der Waals surface area (Å²) in [5, 5.41) is 5.96. The number of carbonyl (C=O) groups excluding carboxylic acids is 2. The molecule has 5 nitrogen and oxygen atoms in total. The normalized spacial score (nSPS) is 10.3. The molecule has 6 heteroatoms. The molecule has 0 atom stereocenters. The number of rotatable bonds is 5. The van der Waals surface area contributed by atoms with Crippen LogP contribution in [-0.2, 0) is 6.54 Å². The number of hydrogen-bond donors (Lipinski definition) is 2. The average Bonchev–Trinajstić information content (AvgIpc) is 2.67. The van der Waals surface area contributed by atoms with E-state index in [1.54, 1.807) is 24.3 Å². The van der Waals surface area contributed by atoms with Gasteiger partial charge in [0.25, 0.3) is 11.8 Å². The van der Waals surface area contributed by atoms with Crippen LogP contribution in [0.1, 0.15) is 31.8 Å². The van der Waals surface area contributed by atoms with Gasteiger partial charge in [0.1, 0.15) is 5.15 Å². The molecule has 0 aliphatic heterocycles. The summed E-state index contributed by atoms with van der Waals surface area (Å²) >= 11 is 5.80. The summed E-state index contributed by atoms with van der Waals surface area (Å²) < 4.78 is 0. The van der Waals surface area contributed by atoms with Crippen molar-refractivity contribution >= 4 is 29.1 Å². The number of aromatic nitrogens is 1. The topological polar surface area (TPSA) is 71.1 Å². The maximum absolute atomic E-state index is 12.3. The van der Waals surface area contributed by atoms with Gasteiger partial charge in [0.05, 0.1) is 0 Å². The summed E-state index contributed by atoms with van der Waals surface area (Å²) in [5.74, 6) is -0.420. The van der Waals surface area contributed by atoms with E-state index in [4.69, 9.17) is 11.6 Å². The minimum atomic E-state index is -0.242. The molecular weight excluding hydrogens is 362 g/mol. The molecule has 2 N–H and O–H groups in total. The van der Waals surface area contributed by atoms with E-state index in [0.29, 0.717) is 23.4 Å². The molecule has 1 heterocycles. The van der Waals surface area contributed by atoms with Crippen LogP contribution in [0.3, 0.4) is 0 Å². The zero-order valence-corrected chi connectivity index (χ0v) is 15.5. The van der Waals surface area contributed by atoms with Crippen molar-refractivity contribution in [3.8, 4) is 0 Å². The Morgan fingerprint density at radius 1 is 0.963 bits per heavy atom. The number of pyridine rings is 1. The minimum absolute atomic E-state index is 0.178. The van der Waals surface area contributed by atoms with Crippen molar-refractivity contribution < 1.29 is 9.59 Å². The lowest BCUT2D eigenvalue weighted by molar-refractivity contribution is 0.0949. The number of amides is 2. The van der Waals surface area contributed by atoms with Gasteiger partial charge in [-0.15, -0.1) is 0 Å². The molecule has 136 valence electrons. The van der Waals surface area contributed by atoms with Gasteiger partial charge in [-0.3, -0.25) is 9.59 Å². The van der Waals surface area contributed by atoms with Crippen molar-refractivity contribution in [3.63, 3.8) is 0 Å². The van der Waals surface area contributed by atoms with Crippen LogP contribution in [-0.4, -0.2) is 16.8 Å². The van der Waals surface area contributed by atoms with Crippen molar-refractivity contribution in [3.05, 3.63) is 94.3 Å². The van der Waals surface area contributed by atoms with Gasteiger partial charge in [0, 0.05) is 29.6 Å². The van der Waals surface area contributed by atoms with Gasteiger partial charge in [0.15, 0.2) is 0 Å². The van der Waals surface area contributed by atoms with Gasteiger partial charge in [-0.05, 0) is 48.9 Å². The third-order valence-electron chi connectivity index (χ3n) is 3.94. The average molecular weight is 380 g/mol. The van der Waals surface area contributed by atoms with E-state index in [0.717, 1.165) is 11.1 Å². The Morgan fingerprint density at radius 2 is 1.74 bits per heavy atom. The molecule has 2 amide bonds. The molecule has 0 fully saturated rings. The predicted octanol–water partition coefficient (Wildman–Crippen LogP) is 4.23. The van der Waals surface area contributed by atoms with Crippen LogP contribution < -0.4 is 10.6 Å². The molecule has 27 heavy (non-hydrogen) atoms. The number of aryl methyl sites for hydroxylation is 1. The summed E-state index contributed by atoms with van der Waals surface area (Å²) in [4.78, 5) is 28.4. The summed E-state index contributed by atoms with van der Waals surface area (Å²) in [6.07, 6.45) is 1.48. The summed E-state index contributed by atoms with van der Waals surface area (Å²) in [5.41, 5.74) is 3.66. The maximum atomic E-state index is 12.3. The molecule has 0 radical (unpaired) electrons. The minimum Gasteiger partial charge on any atom is -0.348 e. The Hall–Kier alpha value is -3.18. The van der Waals surface area contributed by atoms with Crippen LogP contribution in [0.4, 0.5) is 5.69 Å². The number of carbonyl (C=O) groups is 2. The molecule has 0 spiro atoms. The monoisotopic (exact) mass is 379 g/mol. The zero-order chi connectivity index (χ0) is 19.2. The smallest absolute Gasteiger partial charge is 0.255 e. The lowest BCUT2D eigenvalue weighted by Crippen LogP contribution is -2.23. The molecule has 3 rings (SSSR count). The van der Waals surface area contributed by atoms with E-state index in [-0.39, 0.29) is 17.0 Å². The standard InChI is InChI=1S/C21H18ClN3O2/c1-14-5-7-16(8-6-14)21(27)25-18-4-2-3-15(11-18)13-24-20(26)17-9-10-23-19(22)12-17/h2-12H,13H2,1H3,(H,24,26)(H,25,27). The molecule has 0 unspecified atom stereocenters. The van der Waals surface area contributed by atoms with E-state index in [1.165, 1.54) is 12.3 Å². The summed E-state index contributed by atoms with van der Waals surface area (Å²) in [6, 6.07) is 17.8. The molecular formula is C21H18ClN3O2. The third-order valence-corrected chi connectivity index (χ3v) is 4.15.